The Morgan fingerprint density at radius 1 is 1.23 bits per heavy atom. The van der Waals surface area contributed by atoms with Crippen LogP contribution in [0, 0.1) is 0 Å². The molecule has 2 heterocycles. The zero-order valence-corrected chi connectivity index (χ0v) is 16.1. The molecule has 4 rings (SSSR count). The normalized spacial score (nSPS) is 14.6. The number of aliphatic carboxylic acids is 1. The number of halogens is 3. The minimum Gasteiger partial charge on any atom is -0.507 e. The molecule has 1 aliphatic rings. The maximum absolute atomic E-state index is 12.8. The predicted octanol–water partition coefficient (Wildman–Crippen LogP) is 3.90. The van der Waals surface area contributed by atoms with Crippen LogP contribution < -0.4 is 10.2 Å². The van der Waals surface area contributed by atoms with Crippen LogP contribution in [0.25, 0.3) is 21.8 Å². The molecule has 0 bridgehead atoms. The van der Waals surface area contributed by atoms with E-state index in [0.29, 0.717) is 22.3 Å². The van der Waals surface area contributed by atoms with Crippen molar-refractivity contribution < 1.29 is 32.9 Å². The number of carbonyl (C=O) groups is 1. The fourth-order valence-corrected chi connectivity index (χ4v) is 3.12. The summed E-state index contributed by atoms with van der Waals surface area (Å²) in [5.74, 6) is -2.36. The van der Waals surface area contributed by atoms with Crippen molar-refractivity contribution in [2.75, 3.05) is 0 Å². The van der Waals surface area contributed by atoms with Crippen molar-refractivity contribution in [3.63, 3.8) is 0 Å². The Hall–Kier alpha value is -3.56. The lowest BCUT2D eigenvalue weighted by Gasteiger charge is -2.28. The Balaban J connectivity index is 0.000000318. The summed E-state index contributed by atoms with van der Waals surface area (Å²) in [5.41, 5.74) is 1.19. The number of aryl methyl sites for hydroxylation is 1. The highest BCUT2D eigenvalue weighted by molar-refractivity contribution is 6.04. The van der Waals surface area contributed by atoms with E-state index < -0.39 is 17.7 Å². The molecule has 1 aromatic heterocycles. The van der Waals surface area contributed by atoms with Gasteiger partial charge in [-0.25, -0.2) is 4.79 Å². The van der Waals surface area contributed by atoms with E-state index >= 15 is 0 Å². The molecule has 7 nitrogen and oxygen atoms in total. The average Bonchev–Trinajstić information content (AvgIpc) is 2.64. The van der Waals surface area contributed by atoms with Crippen LogP contribution in [0.2, 0.25) is 0 Å². The Morgan fingerprint density at radius 2 is 1.83 bits per heavy atom. The number of aromatic hydroxyl groups is 1. The SMILES string of the molecule is Cn1c2ccccc2c(=O)c2c(O)cc3c(c21)N=CC(C)(C)O3.O=C(O)C(F)(F)F. The van der Waals surface area contributed by atoms with Crippen LogP contribution in [-0.4, -0.2) is 38.7 Å². The summed E-state index contributed by atoms with van der Waals surface area (Å²) in [6, 6.07) is 8.81. The van der Waals surface area contributed by atoms with E-state index in [-0.39, 0.29) is 16.6 Å². The molecule has 0 amide bonds. The van der Waals surface area contributed by atoms with Crippen molar-refractivity contribution in [2.45, 2.75) is 25.6 Å². The van der Waals surface area contributed by atoms with E-state index in [0.717, 1.165) is 5.52 Å². The van der Waals surface area contributed by atoms with Crippen LogP contribution in [0.3, 0.4) is 0 Å². The van der Waals surface area contributed by atoms with Crippen molar-refractivity contribution in [1.29, 1.82) is 0 Å². The van der Waals surface area contributed by atoms with E-state index in [9.17, 15) is 23.1 Å². The first-order chi connectivity index (χ1) is 13.8. The van der Waals surface area contributed by atoms with Gasteiger partial charge in [0.1, 0.15) is 17.0 Å². The van der Waals surface area contributed by atoms with Gasteiger partial charge in [0.25, 0.3) is 0 Å². The summed E-state index contributed by atoms with van der Waals surface area (Å²) >= 11 is 0. The van der Waals surface area contributed by atoms with Gasteiger partial charge in [0.15, 0.2) is 5.75 Å². The minimum absolute atomic E-state index is 0.0852. The number of fused-ring (bicyclic) bond motifs is 4. The molecule has 0 aliphatic carbocycles. The van der Waals surface area contributed by atoms with E-state index in [1.54, 1.807) is 12.3 Å². The first kappa shape index (κ1) is 21.2. The molecule has 0 atom stereocenters. The number of pyridine rings is 1. The minimum atomic E-state index is -5.08. The van der Waals surface area contributed by atoms with Crippen LogP contribution in [0.1, 0.15) is 13.8 Å². The first-order valence-corrected chi connectivity index (χ1v) is 8.65. The van der Waals surface area contributed by atoms with Gasteiger partial charge in [0.2, 0.25) is 5.43 Å². The molecule has 2 N–H and O–H groups in total. The lowest BCUT2D eigenvalue weighted by Crippen LogP contribution is -2.32. The topological polar surface area (TPSA) is 101 Å². The zero-order valence-electron chi connectivity index (χ0n) is 16.1. The lowest BCUT2D eigenvalue weighted by atomic mass is 10.0. The molecule has 158 valence electrons. The summed E-state index contributed by atoms with van der Waals surface area (Å²) in [7, 11) is 1.86. The van der Waals surface area contributed by atoms with Crippen molar-refractivity contribution in [3.8, 4) is 11.5 Å². The fourth-order valence-electron chi connectivity index (χ4n) is 3.12. The fraction of sp³-hybridized carbons (Fsp3) is 0.250. The standard InChI is InChI=1S/C18H16N2O3.C2HF3O2/c1-18(2)9-19-15-13(23-18)8-12(21)14-16(15)20(3)11-7-5-4-6-10(11)17(14)22;3-2(4,5)1(6)7/h4-9,21H,1-3H3;(H,6,7). The average molecular weight is 422 g/mol. The number of phenols is 1. The van der Waals surface area contributed by atoms with Crippen LogP contribution in [0.15, 0.2) is 40.1 Å². The summed E-state index contributed by atoms with van der Waals surface area (Å²) < 4.78 is 39.5. The highest BCUT2D eigenvalue weighted by Crippen LogP contribution is 2.43. The second-order valence-electron chi connectivity index (χ2n) is 7.14. The number of aromatic nitrogens is 1. The van der Waals surface area contributed by atoms with Gasteiger partial charge in [0.05, 0.1) is 16.4 Å². The predicted molar refractivity (Wildman–Crippen MR) is 105 cm³/mol. The molecule has 30 heavy (non-hydrogen) atoms. The zero-order chi connectivity index (χ0) is 22.4. The van der Waals surface area contributed by atoms with Crippen molar-refractivity contribution >= 4 is 39.7 Å². The molecular formula is C20H17F3N2O5. The van der Waals surface area contributed by atoms with Crippen LogP contribution in [0.5, 0.6) is 11.5 Å². The van der Waals surface area contributed by atoms with E-state index in [2.05, 4.69) is 4.99 Å². The third-order valence-corrected chi connectivity index (χ3v) is 4.41. The first-order valence-electron chi connectivity index (χ1n) is 8.65. The molecule has 2 aromatic carbocycles. The number of para-hydroxylation sites is 1. The Bertz CT molecular complexity index is 1260. The van der Waals surface area contributed by atoms with Gasteiger partial charge < -0.3 is 19.5 Å². The number of ether oxygens (including phenoxy) is 1. The van der Waals surface area contributed by atoms with Gasteiger partial charge >= 0.3 is 12.1 Å². The maximum Gasteiger partial charge on any atom is 0.490 e. The van der Waals surface area contributed by atoms with Gasteiger partial charge in [-0.1, -0.05) is 12.1 Å². The molecule has 0 unspecified atom stereocenters. The summed E-state index contributed by atoms with van der Waals surface area (Å²) in [5, 5.41) is 18.4. The van der Waals surface area contributed by atoms with Gasteiger partial charge in [-0.2, -0.15) is 13.2 Å². The number of carboxylic acid groups (broad SMARTS) is 1. The highest BCUT2D eigenvalue weighted by Gasteiger charge is 2.38. The van der Waals surface area contributed by atoms with Crippen LogP contribution in [-0.2, 0) is 11.8 Å². The molecule has 0 fully saturated rings. The second kappa shape index (κ2) is 7.05. The van der Waals surface area contributed by atoms with Crippen LogP contribution >= 0.6 is 0 Å². The third kappa shape index (κ3) is 3.68. The largest absolute Gasteiger partial charge is 0.507 e. The summed E-state index contributed by atoms with van der Waals surface area (Å²) in [6.45, 7) is 3.78. The number of nitrogens with zero attached hydrogens (tertiary/aromatic N) is 2. The van der Waals surface area contributed by atoms with Gasteiger partial charge in [-0.05, 0) is 26.0 Å². The molecule has 0 saturated heterocycles. The highest BCUT2D eigenvalue weighted by atomic mass is 19.4. The molecular weight excluding hydrogens is 405 g/mol. The number of phenolic OH excluding ortho intramolecular Hbond substituents is 1. The van der Waals surface area contributed by atoms with E-state index in [4.69, 9.17) is 14.6 Å². The number of rotatable bonds is 0. The number of carboxylic acids is 1. The quantitative estimate of drug-likeness (QED) is 0.535. The van der Waals surface area contributed by atoms with Crippen molar-refractivity contribution in [3.05, 3.63) is 40.6 Å². The number of alkyl halides is 3. The van der Waals surface area contributed by atoms with E-state index in [1.807, 2.05) is 43.7 Å². The maximum atomic E-state index is 12.8. The lowest BCUT2D eigenvalue weighted by molar-refractivity contribution is -0.192. The molecule has 10 heteroatoms. The van der Waals surface area contributed by atoms with E-state index in [1.165, 1.54) is 6.07 Å². The third-order valence-electron chi connectivity index (χ3n) is 4.41. The Kier molecular flexibility index (Phi) is 4.97. The van der Waals surface area contributed by atoms with Crippen molar-refractivity contribution in [2.24, 2.45) is 12.0 Å². The summed E-state index contributed by atoms with van der Waals surface area (Å²) in [4.78, 5) is 26.2. The molecule has 0 saturated carbocycles. The Labute approximate surface area is 167 Å². The van der Waals surface area contributed by atoms with Gasteiger partial charge in [-0.3, -0.25) is 9.79 Å². The Morgan fingerprint density at radius 3 is 2.43 bits per heavy atom. The van der Waals surface area contributed by atoms with Gasteiger partial charge in [0, 0.05) is 24.7 Å². The summed E-state index contributed by atoms with van der Waals surface area (Å²) in [6.07, 6.45) is -3.37. The van der Waals surface area contributed by atoms with Crippen LogP contribution in [0.4, 0.5) is 18.9 Å². The smallest absolute Gasteiger partial charge is 0.490 e. The second-order valence-corrected chi connectivity index (χ2v) is 7.14. The molecule has 0 radical (unpaired) electrons. The number of hydrogen-bond acceptors (Lipinski definition) is 5. The molecule has 3 aromatic rings. The number of hydrogen-bond donors (Lipinski definition) is 2. The number of benzene rings is 2. The molecule has 0 spiro atoms. The molecule has 1 aliphatic heterocycles. The van der Waals surface area contributed by atoms with Gasteiger partial charge in [-0.15, -0.1) is 0 Å². The number of aliphatic imine (C=N–C) groups is 1. The monoisotopic (exact) mass is 422 g/mol. The van der Waals surface area contributed by atoms with Crippen molar-refractivity contribution in [1.82, 2.24) is 4.57 Å².